The van der Waals surface area contributed by atoms with Gasteiger partial charge in [-0.25, -0.2) is 26.9 Å². The molecule has 390 valence electrons. The molecule has 4 fully saturated rings. The van der Waals surface area contributed by atoms with E-state index in [9.17, 15) is 23.3 Å². The van der Waals surface area contributed by atoms with Gasteiger partial charge in [-0.1, -0.05) is 50.2 Å². The summed E-state index contributed by atoms with van der Waals surface area (Å²) in [4.78, 5) is 39.5. The van der Waals surface area contributed by atoms with Crippen LogP contribution in [0.15, 0.2) is 108 Å². The number of alkyl halides is 1. The van der Waals surface area contributed by atoms with Gasteiger partial charge in [0.2, 0.25) is 0 Å². The van der Waals surface area contributed by atoms with Crippen molar-refractivity contribution in [2.24, 2.45) is 5.41 Å². The molecule has 0 radical (unpaired) electrons. The quantitative estimate of drug-likeness (QED) is 0.0615. The Bertz CT molecular complexity index is 3150. The summed E-state index contributed by atoms with van der Waals surface area (Å²) in [5, 5.41) is 15.6. The van der Waals surface area contributed by atoms with E-state index < -0.39 is 48.5 Å². The molecule has 3 N–H and O–H groups in total. The van der Waals surface area contributed by atoms with Crippen molar-refractivity contribution in [3.63, 3.8) is 0 Å². The summed E-state index contributed by atoms with van der Waals surface area (Å²) >= 11 is 0. The number of sulfonamides is 1. The number of H-pyrrole nitrogens is 1. The number of anilines is 2. The second-order valence-corrected chi connectivity index (χ2v) is 22.3. The van der Waals surface area contributed by atoms with Crippen LogP contribution in [0.4, 0.5) is 25.8 Å². The Morgan fingerprint density at radius 3 is 2.50 bits per heavy atom. The normalized spacial score (nSPS) is 19.3. The summed E-state index contributed by atoms with van der Waals surface area (Å²) in [6.07, 6.45) is 7.07. The SMILES string of the molecule is COc1cccc(CN2CCN(C3CC4(CCN(c5cc(Oc6cnc7[nH]ccc7c6)c(C(=O)NS(=O)(=O)c6ccc(NCC7(F)CCOCC7)c([N+](=O)[O-])c6)cc5F)CC4)C3)[C@H](c3ccccc3C(C)C)C2)c1. The van der Waals surface area contributed by atoms with E-state index in [2.05, 4.69) is 75.3 Å². The van der Waals surface area contributed by atoms with Gasteiger partial charge in [0.15, 0.2) is 0 Å². The topological polar surface area (TPSA) is 184 Å². The number of halogens is 2. The fraction of sp³-hybridized carbons (Fsp3) is 0.418. The highest BCUT2D eigenvalue weighted by molar-refractivity contribution is 7.90. The highest BCUT2D eigenvalue weighted by Gasteiger charge is 2.50. The summed E-state index contributed by atoms with van der Waals surface area (Å²) in [5.74, 6) is -0.644. The van der Waals surface area contributed by atoms with Crippen molar-refractivity contribution in [1.29, 1.82) is 0 Å². The fourth-order valence-electron chi connectivity index (χ4n) is 11.4. The van der Waals surface area contributed by atoms with Crippen LogP contribution in [0.1, 0.15) is 91.4 Å². The number of amides is 1. The molecule has 1 atom stereocenters. The summed E-state index contributed by atoms with van der Waals surface area (Å²) in [7, 11) is -3.09. The molecule has 16 nitrogen and oxygen atoms in total. The molecule has 1 saturated carbocycles. The van der Waals surface area contributed by atoms with Gasteiger partial charge in [0.05, 0.1) is 34.4 Å². The molecule has 0 bridgehead atoms. The third-order valence-corrected chi connectivity index (χ3v) is 16.9. The number of nitrogens with zero attached hydrogens (tertiary/aromatic N) is 5. The number of aromatic nitrogens is 2. The second kappa shape index (κ2) is 20.9. The molecule has 2 aromatic heterocycles. The zero-order valence-electron chi connectivity index (χ0n) is 41.8. The van der Waals surface area contributed by atoms with Gasteiger partial charge in [0.25, 0.3) is 21.6 Å². The zero-order valence-corrected chi connectivity index (χ0v) is 42.6. The number of rotatable bonds is 16. The first-order valence-electron chi connectivity index (χ1n) is 25.3. The predicted molar refractivity (Wildman–Crippen MR) is 278 cm³/mol. The van der Waals surface area contributed by atoms with Crippen molar-refractivity contribution in [1.82, 2.24) is 24.5 Å². The monoisotopic (exact) mass is 1030 g/mol. The Kier molecular flexibility index (Phi) is 14.4. The number of benzene rings is 4. The number of piperazine rings is 1. The first-order chi connectivity index (χ1) is 35.6. The molecule has 19 heteroatoms. The largest absolute Gasteiger partial charge is 0.497 e. The van der Waals surface area contributed by atoms with Crippen LogP contribution in [-0.4, -0.2) is 110 Å². The number of nitro benzene ring substituents is 1. The van der Waals surface area contributed by atoms with Gasteiger partial charge in [-0.2, -0.15) is 0 Å². The maximum atomic E-state index is 16.6. The lowest BCUT2D eigenvalue weighted by Crippen LogP contribution is -2.60. The highest BCUT2D eigenvalue weighted by Crippen LogP contribution is 2.54. The van der Waals surface area contributed by atoms with Gasteiger partial charge in [-0.05, 0) is 96.2 Å². The number of piperidine rings is 1. The predicted octanol–water partition coefficient (Wildman–Crippen LogP) is 9.89. The van der Waals surface area contributed by atoms with Crippen LogP contribution in [-0.2, 0) is 21.3 Å². The van der Waals surface area contributed by atoms with E-state index in [1.54, 1.807) is 25.4 Å². The minimum atomic E-state index is -4.79. The number of pyridine rings is 1. The van der Waals surface area contributed by atoms with Gasteiger partial charge < -0.3 is 29.4 Å². The van der Waals surface area contributed by atoms with Crippen LogP contribution in [0.25, 0.3) is 11.0 Å². The second-order valence-electron chi connectivity index (χ2n) is 20.6. The third kappa shape index (κ3) is 10.8. The maximum absolute atomic E-state index is 16.6. The smallest absolute Gasteiger partial charge is 0.293 e. The van der Waals surface area contributed by atoms with E-state index in [0.29, 0.717) is 36.1 Å². The molecular weight excluding hydrogens is 971 g/mol. The van der Waals surface area contributed by atoms with E-state index in [-0.39, 0.29) is 66.9 Å². The van der Waals surface area contributed by atoms with Gasteiger partial charge in [0.1, 0.15) is 40.1 Å². The van der Waals surface area contributed by atoms with Crippen molar-refractivity contribution in [3.05, 3.63) is 142 Å². The first-order valence-corrected chi connectivity index (χ1v) is 26.8. The molecule has 1 amide bonds. The fourth-order valence-corrected chi connectivity index (χ4v) is 12.4. The third-order valence-electron chi connectivity index (χ3n) is 15.6. The number of carbonyl (C=O) groups excluding carboxylic acids is 1. The minimum Gasteiger partial charge on any atom is -0.497 e. The van der Waals surface area contributed by atoms with Crippen molar-refractivity contribution in [2.45, 2.75) is 87.5 Å². The van der Waals surface area contributed by atoms with Crippen LogP contribution in [0, 0.1) is 21.3 Å². The molecular formula is C55H62F2N8O8S. The summed E-state index contributed by atoms with van der Waals surface area (Å²) < 4.78 is 78.4. The average molecular weight is 1030 g/mol. The lowest BCUT2D eigenvalue weighted by atomic mass is 9.59. The Hall–Kier alpha value is -6.67. The molecule has 74 heavy (non-hydrogen) atoms. The van der Waals surface area contributed by atoms with Gasteiger partial charge in [0, 0.05) is 108 Å². The Morgan fingerprint density at radius 1 is 0.959 bits per heavy atom. The Balaban J connectivity index is 0.854. The molecule has 1 spiro atoms. The number of ether oxygens (including phenoxy) is 3. The van der Waals surface area contributed by atoms with Crippen LogP contribution < -0.4 is 24.4 Å². The lowest BCUT2D eigenvalue weighted by Gasteiger charge is -2.58. The number of hydrogen-bond acceptors (Lipinski definition) is 13. The van der Waals surface area contributed by atoms with E-state index in [0.717, 1.165) is 81.9 Å². The molecule has 4 aromatic carbocycles. The number of nitro groups is 1. The van der Waals surface area contributed by atoms with Gasteiger partial charge >= 0.3 is 0 Å². The minimum absolute atomic E-state index is 0.0895. The van der Waals surface area contributed by atoms with Gasteiger partial charge in [-0.3, -0.25) is 24.7 Å². The van der Waals surface area contributed by atoms with Gasteiger partial charge in [-0.15, -0.1) is 0 Å². The van der Waals surface area contributed by atoms with Crippen LogP contribution in [0.3, 0.4) is 0 Å². The lowest BCUT2D eigenvalue weighted by molar-refractivity contribution is -0.384. The van der Waals surface area contributed by atoms with Crippen molar-refractivity contribution in [2.75, 3.05) is 69.8 Å². The summed E-state index contributed by atoms with van der Waals surface area (Å²) in [5.41, 5.74) is 2.03. The number of nitrogens with one attached hydrogen (secondary N) is 3. The molecule has 3 aliphatic heterocycles. The van der Waals surface area contributed by atoms with Crippen LogP contribution in [0.2, 0.25) is 0 Å². The molecule has 4 aliphatic rings. The zero-order chi connectivity index (χ0) is 51.8. The Labute approximate surface area is 429 Å². The van der Waals surface area contributed by atoms with E-state index in [1.165, 1.54) is 29.0 Å². The number of carbonyl (C=O) groups is 1. The molecule has 10 rings (SSSR count). The van der Waals surface area contributed by atoms with Crippen molar-refractivity contribution in [3.8, 4) is 17.2 Å². The molecule has 5 heterocycles. The van der Waals surface area contributed by atoms with E-state index in [1.807, 2.05) is 21.8 Å². The molecule has 6 aromatic rings. The standard InChI is InChI=1S/C55H62F2N8O8S/c1-36(2)43-9-4-5-10-44(43)50-34-62(33-37-7-6-8-40(25-37)71-3)21-22-64(50)39-30-54(31-39)14-19-63(20-15-54)48-29-51(73-41-26-38-13-18-58-52(38)59-32-41)45(28-46(48)56)53(66)61-74(69,70)42-11-12-47(49(27-42)65(67)68)60-35-55(57)16-23-72-24-17-55/h4-13,18,25-29,32,36,39,50,60H,14-17,19-24,30-31,33-35H2,1-3H3,(H,58,59)(H,61,66)/t50-/m0/s1. The van der Waals surface area contributed by atoms with Crippen molar-refractivity contribution >= 4 is 44.0 Å². The molecule has 0 unspecified atom stereocenters. The van der Waals surface area contributed by atoms with E-state index >= 15 is 8.78 Å². The molecule has 3 saturated heterocycles. The highest BCUT2D eigenvalue weighted by atomic mass is 32.2. The Morgan fingerprint density at radius 2 is 1.74 bits per heavy atom. The van der Waals surface area contributed by atoms with Crippen LogP contribution >= 0.6 is 0 Å². The number of hydrogen-bond donors (Lipinski definition) is 3. The van der Waals surface area contributed by atoms with Crippen LogP contribution in [0.5, 0.6) is 17.2 Å². The first kappa shape index (κ1) is 50.8. The summed E-state index contributed by atoms with van der Waals surface area (Å²) in [6, 6.07) is 26.6. The maximum Gasteiger partial charge on any atom is 0.293 e. The van der Waals surface area contributed by atoms with Crippen molar-refractivity contribution < 1.29 is 41.1 Å². The number of aromatic amines is 1. The average Bonchev–Trinajstić information content (AvgIpc) is 3.86. The van der Waals surface area contributed by atoms with E-state index in [4.69, 9.17) is 14.2 Å². The number of methoxy groups -OCH3 is 1. The summed E-state index contributed by atoms with van der Waals surface area (Å²) in [6.45, 7) is 9.41. The molecule has 1 aliphatic carbocycles. The number of fused-ring (bicyclic) bond motifs is 1.